The predicted octanol–water partition coefficient (Wildman–Crippen LogP) is 2.35. The van der Waals surface area contributed by atoms with Gasteiger partial charge in [-0.25, -0.2) is 0 Å². The molecule has 17 heavy (non-hydrogen) atoms. The van der Waals surface area contributed by atoms with Gasteiger partial charge in [0.1, 0.15) is 5.75 Å². The average molecular weight is 229 g/mol. The molecular formula is C13H15N3O. The third-order valence-corrected chi connectivity index (χ3v) is 2.83. The summed E-state index contributed by atoms with van der Waals surface area (Å²) < 4.78 is 5.29. The van der Waals surface area contributed by atoms with Crippen molar-refractivity contribution in [1.29, 1.82) is 0 Å². The van der Waals surface area contributed by atoms with Gasteiger partial charge in [0, 0.05) is 23.8 Å². The van der Waals surface area contributed by atoms with Crippen LogP contribution in [-0.4, -0.2) is 17.1 Å². The van der Waals surface area contributed by atoms with Crippen molar-refractivity contribution in [3.05, 3.63) is 35.8 Å². The van der Waals surface area contributed by atoms with E-state index >= 15 is 0 Å². The number of aryl methyl sites for hydroxylation is 1. The largest absolute Gasteiger partial charge is 0.496 e. The zero-order valence-corrected chi connectivity index (χ0v) is 10.2. The Labute approximate surface area is 100 Å². The van der Waals surface area contributed by atoms with Gasteiger partial charge in [-0.2, -0.15) is 0 Å². The number of nitrogens with zero attached hydrogens (tertiary/aromatic N) is 2. The molecule has 0 amide bonds. The van der Waals surface area contributed by atoms with E-state index in [1.807, 2.05) is 26.0 Å². The molecule has 2 aromatic heterocycles. The van der Waals surface area contributed by atoms with Gasteiger partial charge in [0.25, 0.3) is 0 Å². The molecule has 0 aromatic carbocycles. The van der Waals surface area contributed by atoms with Gasteiger partial charge in [-0.15, -0.1) is 0 Å². The van der Waals surface area contributed by atoms with E-state index in [4.69, 9.17) is 10.5 Å². The molecule has 0 aliphatic carbocycles. The molecule has 88 valence electrons. The number of methoxy groups -OCH3 is 1. The zero-order valence-electron chi connectivity index (χ0n) is 10.2. The lowest BCUT2D eigenvalue weighted by atomic mass is 10.1. The van der Waals surface area contributed by atoms with Gasteiger partial charge >= 0.3 is 0 Å². The minimum absolute atomic E-state index is 0.735. The van der Waals surface area contributed by atoms with Crippen LogP contribution in [0.2, 0.25) is 0 Å². The Morgan fingerprint density at radius 3 is 2.71 bits per heavy atom. The van der Waals surface area contributed by atoms with Crippen LogP contribution in [0.25, 0.3) is 11.3 Å². The lowest BCUT2D eigenvalue weighted by Gasteiger charge is -2.10. The molecule has 0 saturated carbocycles. The van der Waals surface area contributed by atoms with E-state index in [9.17, 15) is 0 Å². The number of rotatable bonds is 2. The summed E-state index contributed by atoms with van der Waals surface area (Å²) in [5.41, 5.74) is 10.3. The standard InChI is InChI=1S/C13H15N3O/c1-8-9(2)16-12(6-11(8)14)10-7-15-5-4-13(10)17-3/h4-7H,1-3H3,(H2,14,16). The maximum Gasteiger partial charge on any atom is 0.131 e. The Bertz CT molecular complexity index is 529. The van der Waals surface area contributed by atoms with Crippen LogP contribution >= 0.6 is 0 Å². The molecular weight excluding hydrogens is 214 g/mol. The van der Waals surface area contributed by atoms with Crippen LogP contribution in [0.15, 0.2) is 24.5 Å². The zero-order chi connectivity index (χ0) is 12.4. The highest BCUT2D eigenvalue weighted by atomic mass is 16.5. The van der Waals surface area contributed by atoms with Crippen LogP contribution in [0.3, 0.4) is 0 Å². The van der Waals surface area contributed by atoms with Crippen molar-refractivity contribution in [1.82, 2.24) is 9.97 Å². The molecule has 0 radical (unpaired) electrons. The summed E-state index contributed by atoms with van der Waals surface area (Å²) in [6.45, 7) is 3.90. The maximum atomic E-state index is 5.95. The number of hydrogen-bond donors (Lipinski definition) is 1. The summed E-state index contributed by atoms with van der Waals surface area (Å²) >= 11 is 0. The topological polar surface area (TPSA) is 61.0 Å². The van der Waals surface area contributed by atoms with Crippen molar-refractivity contribution in [2.75, 3.05) is 12.8 Å². The van der Waals surface area contributed by atoms with Gasteiger partial charge in [-0.3, -0.25) is 9.97 Å². The van der Waals surface area contributed by atoms with Crippen molar-refractivity contribution in [3.63, 3.8) is 0 Å². The Hall–Kier alpha value is -2.10. The van der Waals surface area contributed by atoms with E-state index in [2.05, 4.69) is 9.97 Å². The van der Waals surface area contributed by atoms with Crippen LogP contribution in [0.1, 0.15) is 11.3 Å². The van der Waals surface area contributed by atoms with Crippen molar-refractivity contribution in [2.45, 2.75) is 13.8 Å². The second-order valence-corrected chi connectivity index (χ2v) is 3.88. The first kappa shape index (κ1) is 11.4. The molecule has 0 fully saturated rings. The van der Waals surface area contributed by atoms with Crippen LogP contribution in [-0.2, 0) is 0 Å². The molecule has 0 unspecified atom stereocenters. The van der Waals surface area contributed by atoms with Gasteiger partial charge in [0.2, 0.25) is 0 Å². The van der Waals surface area contributed by atoms with E-state index in [0.29, 0.717) is 0 Å². The lowest BCUT2D eigenvalue weighted by molar-refractivity contribution is 0.416. The Morgan fingerprint density at radius 2 is 2.06 bits per heavy atom. The fourth-order valence-corrected chi connectivity index (χ4v) is 1.65. The molecule has 0 saturated heterocycles. The molecule has 2 heterocycles. The van der Waals surface area contributed by atoms with E-state index in [1.165, 1.54) is 0 Å². The first-order valence-electron chi connectivity index (χ1n) is 5.35. The minimum atomic E-state index is 0.735. The SMILES string of the molecule is COc1ccncc1-c1cc(N)c(C)c(C)n1. The van der Waals surface area contributed by atoms with Crippen LogP contribution in [0, 0.1) is 13.8 Å². The molecule has 0 aliphatic heterocycles. The van der Waals surface area contributed by atoms with E-state index in [0.717, 1.165) is 34.0 Å². The van der Waals surface area contributed by atoms with Gasteiger partial charge in [-0.1, -0.05) is 0 Å². The molecule has 2 aromatic rings. The summed E-state index contributed by atoms with van der Waals surface area (Å²) in [7, 11) is 1.63. The summed E-state index contributed by atoms with van der Waals surface area (Å²) in [5, 5.41) is 0. The Kier molecular flexibility index (Phi) is 2.95. The number of anilines is 1. The van der Waals surface area contributed by atoms with Crippen molar-refractivity contribution in [2.24, 2.45) is 0 Å². The summed E-state index contributed by atoms with van der Waals surface area (Å²) in [4.78, 5) is 8.60. The Morgan fingerprint density at radius 1 is 1.29 bits per heavy atom. The number of nitrogen functional groups attached to an aromatic ring is 1. The molecule has 0 atom stereocenters. The van der Waals surface area contributed by atoms with Crippen molar-refractivity contribution >= 4 is 5.69 Å². The molecule has 0 bridgehead atoms. The number of pyridine rings is 2. The van der Waals surface area contributed by atoms with Gasteiger partial charge in [0.15, 0.2) is 0 Å². The highest BCUT2D eigenvalue weighted by molar-refractivity contribution is 5.70. The lowest BCUT2D eigenvalue weighted by Crippen LogP contribution is -1.99. The molecule has 2 rings (SSSR count). The fraction of sp³-hybridized carbons (Fsp3) is 0.231. The minimum Gasteiger partial charge on any atom is -0.496 e. The van der Waals surface area contributed by atoms with Crippen LogP contribution in [0.4, 0.5) is 5.69 Å². The smallest absolute Gasteiger partial charge is 0.131 e. The van der Waals surface area contributed by atoms with Gasteiger partial charge in [0.05, 0.1) is 18.4 Å². The molecule has 0 aliphatic rings. The van der Waals surface area contributed by atoms with Crippen LogP contribution in [0.5, 0.6) is 5.75 Å². The summed E-state index contributed by atoms with van der Waals surface area (Å²) in [6.07, 6.45) is 3.42. The van der Waals surface area contributed by atoms with Gasteiger partial charge in [-0.05, 0) is 31.5 Å². The third-order valence-electron chi connectivity index (χ3n) is 2.83. The summed E-state index contributed by atoms with van der Waals surface area (Å²) in [6, 6.07) is 3.66. The Balaban J connectivity index is 2.61. The number of ether oxygens (including phenoxy) is 1. The van der Waals surface area contributed by atoms with Crippen molar-refractivity contribution in [3.8, 4) is 17.0 Å². The maximum absolute atomic E-state index is 5.95. The first-order valence-corrected chi connectivity index (χ1v) is 5.35. The van der Waals surface area contributed by atoms with Crippen molar-refractivity contribution < 1.29 is 4.74 Å². The monoisotopic (exact) mass is 229 g/mol. The van der Waals surface area contributed by atoms with E-state index < -0.39 is 0 Å². The first-order chi connectivity index (χ1) is 8.13. The quantitative estimate of drug-likeness (QED) is 0.858. The second-order valence-electron chi connectivity index (χ2n) is 3.88. The van der Waals surface area contributed by atoms with E-state index in [1.54, 1.807) is 19.5 Å². The molecule has 4 heteroatoms. The molecule has 4 nitrogen and oxygen atoms in total. The van der Waals surface area contributed by atoms with Crippen LogP contribution < -0.4 is 10.5 Å². The second kappa shape index (κ2) is 4.41. The average Bonchev–Trinajstić information content (AvgIpc) is 2.35. The summed E-state index contributed by atoms with van der Waals surface area (Å²) in [5.74, 6) is 0.746. The highest BCUT2D eigenvalue weighted by Crippen LogP contribution is 2.29. The number of aromatic nitrogens is 2. The predicted molar refractivity (Wildman–Crippen MR) is 67.9 cm³/mol. The fourth-order valence-electron chi connectivity index (χ4n) is 1.65. The number of nitrogens with two attached hydrogens (primary N) is 1. The van der Waals surface area contributed by atoms with Gasteiger partial charge < -0.3 is 10.5 Å². The number of hydrogen-bond acceptors (Lipinski definition) is 4. The molecule has 2 N–H and O–H groups in total. The normalized spacial score (nSPS) is 10.3. The highest BCUT2D eigenvalue weighted by Gasteiger charge is 2.10. The van der Waals surface area contributed by atoms with E-state index in [-0.39, 0.29) is 0 Å². The third kappa shape index (κ3) is 2.06. The molecule has 0 spiro atoms.